The van der Waals surface area contributed by atoms with Gasteiger partial charge in [-0.15, -0.1) is 0 Å². The number of likely N-dealkylation sites (tertiary alicyclic amines) is 1. The highest BCUT2D eigenvalue weighted by Gasteiger charge is 2.33. The molecule has 2 rings (SSSR count). The molecule has 0 atom stereocenters. The van der Waals surface area contributed by atoms with E-state index < -0.39 is 12.7 Å². The summed E-state index contributed by atoms with van der Waals surface area (Å²) in [6, 6.07) is 0.801. The number of nitrogens with one attached hydrogen (secondary N) is 1. The summed E-state index contributed by atoms with van der Waals surface area (Å²) in [6.45, 7) is 1.07. The SMILES string of the molecule is FC(F)(F)CNC1CCN(C2CC2)CC1. The van der Waals surface area contributed by atoms with Gasteiger partial charge >= 0.3 is 6.18 Å². The van der Waals surface area contributed by atoms with Gasteiger partial charge in [0.1, 0.15) is 0 Å². The van der Waals surface area contributed by atoms with Crippen molar-refractivity contribution in [3.8, 4) is 0 Å². The van der Waals surface area contributed by atoms with E-state index in [4.69, 9.17) is 0 Å². The smallest absolute Gasteiger partial charge is 0.306 e. The standard InChI is InChI=1S/C10H17F3N2/c11-10(12,13)7-14-8-3-5-15(6-4-8)9-1-2-9/h8-9,14H,1-7H2. The van der Waals surface area contributed by atoms with Crippen molar-refractivity contribution in [2.24, 2.45) is 0 Å². The van der Waals surface area contributed by atoms with E-state index in [2.05, 4.69) is 10.2 Å². The van der Waals surface area contributed by atoms with Crippen molar-refractivity contribution in [3.63, 3.8) is 0 Å². The first-order chi connectivity index (χ1) is 7.04. The minimum atomic E-state index is -4.08. The van der Waals surface area contributed by atoms with Crippen molar-refractivity contribution >= 4 is 0 Å². The van der Waals surface area contributed by atoms with Gasteiger partial charge in [0.15, 0.2) is 0 Å². The van der Waals surface area contributed by atoms with Gasteiger partial charge in [-0.2, -0.15) is 13.2 Å². The van der Waals surface area contributed by atoms with Gasteiger partial charge in [-0.3, -0.25) is 0 Å². The van der Waals surface area contributed by atoms with Gasteiger partial charge in [0.05, 0.1) is 6.54 Å². The molecule has 88 valence electrons. The molecule has 1 aliphatic heterocycles. The Morgan fingerprint density at radius 1 is 1.07 bits per heavy atom. The summed E-state index contributed by atoms with van der Waals surface area (Å²) in [7, 11) is 0. The first kappa shape index (κ1) is 11.2. The van der Waals surface area contributed by atoms with E-state index in [0.29, 0.717) is 0 Å². The van der Waals surface area contributed by atoms with Crippen LogP contribution in [0.1, 0.15) is 25.7 Å². The average Bonchev–Trinajstić information content (AvgIpc) is 2.98. The van der Waals surface area contributed by atoms with Crippen LogP contribution < -0.4 is 5.32 Å². The molecule has 0 amide bonds. The van der Waals surface area contributed by atoms with Crippen LogP contribution in [-0.4, -0.2) is 42.8 Å². The minimum Gasteiger partial charge on any atom is -0.306 e. The van der Waals surface area contributed by atoms with Crippen LogP contribution in [0.3, 0.4) is 0 Å². The highest BCUT2D eigenvalue weighted by atomic mass is 19.4. The molecule has 2 fully saturated rings. The maximum Gasteiger partial charge on any atom is 0.401 e. The lowest BCUT2D eigenvalue weighted by Crippen LogP contribution is -2.45. The molecule has 5 heteroatoms. The zero-order chi connectivity index (χ0) is 10.9. The van der Waals surface area contributed by atoms with Crippen molar-refractivity contribution in [2.45, 2.75) is 43.9 Å². The number of rotatable bonds is 3. The number of alkyl halides is 3. The van der Waals surface area contributed by atoms with Gasteiger partial charge in [0, 0.05) is 12.1 Å². The fraction of sp³-hybridized carbons (Fsp3) is 1.00. The molecule has 1 saturated heterocycles. The second-order valence-electron chi connectivity index (χ2n) is 4.54. The van der Waals surface area contributed by atoms with Crippen LogP contribution in [0.15, 0.2) is 0 Å². The lowest BCUT2D eigenvalue weighted by molar-refractivity contribution is -0.126. The summed E-state index contributed by atoms with van der Waals surface area (Å²) < 4.78 is 35.9. The van der Waals surface area contributed by atoms with Crippen molar-refractivity contribution < 1.29 is 13.2 Å². The molecule has 1 N–H and O–H groups in total. The highest BCUT2D eigenvalue weighted by Crippen LogP contribution is 2.29. The van der Waals surface area contributed by atoms with E-state index in [1.54, 1.807) is 0 Å². The fourth-order valence-corrected chi connectivity index (χ4v) is 2.17. The molecule has 15 heavy (non-hydrogen) atoms. The van der Waals surface area contributed by atoms with Crippen LogP contribution in [0.2, 0.25) is 0 Å². The van der Waals surface area contributed by atoms with Crippen LogP contribution in [0.5, 0.6) is 0 Å². The Morgan fingerprint density at radius 2 is 1.67 bits per heavy atom. The van der Waals surface area contributed by atoms with Crippen molar-refractivity contribution in [1.29, 1.82) is 0 Å². The molecule has 0 spiro atoms. The Morgan fingerprint density at radius 3 is 2.13 bits per heavy atom. The van der Waals surface area contributed by atoms with Crippen molar-refractivity contribution in [1.82, 2.24) is 10.2 Å². The molecule has 0 aromatic heterocycles. The summed E-state index contributed by atoms with van der Waals surface area (Å²) >= 11 is 0. The molecule has 0 radical (unpaired) electrons. The van der Waals surface area contributed by atoms with Gasteiger partial charge in [-0.05, 0) is 38.8 Å². The molecule has 0 unspecified atom stereocenters. The Labute approximate surface area is 87.8 Å². The maximum absolute atomic E-state index is 12.0. The first-order valence-electron chi connectivity index (χ1n) is 5.59. The van der Waals surface area contributed by atoms with E-state index in [1.165, 1.54) is 12.8 Å². The van der Waals surface area contributed by atoms with Crippen molar-refractivity contribution in [2.75, 3.05) is 19.6 Å². The van der Waals surface area contributed by atoms with Gasteiger partial charge in [-0.1, -0.05) is 0 Å². The molecule has 2 nitrogen and oxygen atoms in total. The second kappa shape index (κ2) is 4.29. The third-order valence-corrected chi connectivity index (χ3v) is 3.18. The molecule has 0 bridgehead atoms. The van der Waals surface area contributed by atoms with Gasteiger partial charge in [-0.25, -0.2) is 0 Å². The normalized spacial score (nSPS) is 25.8. The third-order valence-electron chi connectivity index (χ3n) is 3.18. The summed E-state index contributed by atoms with van der Waals surface area (Å²) in [4.78, 5) is 2.41. The molecule has 2 aliphatic rings. The molecule has 0 aromatic carbocycles. The number of nitrogens with zero attached hydrogens (tertiary/aromatic N) is 1. The van der Waals surface area contributed by atoms with E-state index in [1.807, 2.05) is 0 Å². The number of hydrogen-bond acceptors (Lipinski definition) is 2. The zero-order valence-electron chi connectivity index (χ0n) is 8.69. The number of piperidine rings is 1. The molecular formula is C10H17F3N2. The van der Waals surface area contributed by atoms with Crippen LogP contribution >= 0.6 is 0 Å². The van der Waals surface area contributed by atoms with E-state index in [-0.39, 0.29) is 6.04 Å². The summed E-state index contributed by atoms with van der Waals surface area (Å²) in [5.41, 5.74) is 0. The Balaban J connectivity index is 1.64. The van der Waals surface area contributed by atoms with Crippen LogP contribution in [0, 0.1) is 0 Å². The van der Waals surface area contributed by atoms with Crippen LogP contribution in [0.4, 0.5) is 13.2 Å². The average molecular weight is 222 g/mol. The van der Waals surface area contributed by atoms with Crippen molar-refractivity contribution in [3.05, 3.63) is 0 Å². The lowest BCUT2D eigenvalue weighted by atomic mass is 10.1. The second-order valence-corrected chi connectivity index (χ2v) is 4.54. The fourth-order valence-electron chi connectivity index (χ4n) is 2.17. The quantitative estimate of drug-likeness (QED) is 0.782. The Kier molecular flexibility index (Phi) is 3.21. The van der Waals surface area contributed by atoms with Gasteiger partial charge < -0.3 is 10.2 Å². The van der Waals surface area contributed by atoms with Gasteiger partial charge in [0.2, 0.25) is 0 Å². The molecule has 1 heterocycles. The van der Waals surface area contributed by atoms with E-state index in [0.717, 1.165) is 32.0 Å². The van der Waals surface area contributed by atoms with Crippen LogP contribution in [-0.2, 0) is 0 Å². The maximum atomic E-state index is 12.0. The van der Waals surface area contributed by atoms with Crippen LogP contribution in [0.25, 0.3) is 0 Å². The summed E-state index contributed by atoms with van der Waals surface area (Å²) in [6.07, 6.45) is 0.189. The lowest BCUT2D eigenvalue weighted by Gasteiger charge is -2.32. The largest absolute Gasteiger partial charge is 0.401 e. The topological polar surface area (TPSA) is 15.3 Å². The molecule has 1 aliphatic carbocycles. The third kappa shape index (κ3) is 3.65. The molecule has 1 saturated carbocycles. The Bertz CT molecular complexity index is 205. The van der Waals surface area contributed by atoms with Gasteiger partial charge in [0.25, 0.3) is 0 Å². The first-order valence-corrected chi connectivity index (χ1v) is 5.59. The summed E-state index contributed by atoms with van der Waals surface area (Å²) in [5, 5.41) is 2.59. The predicted molar refractivity (Wildman–Crippen MR) is 51.7 cm³/mol. The number of halogens is 3. The summed E-state index contributed by atoms with van der Waals surface area (Å²) in [5.74, 6) is 0. The zero-order valence-corrected chi connectivity index (χ0v) is 8.69. The molecular weight excluding hydrogens is 205 g/mol. The minimum absolute atomic E-state index is 0.0571. The highest BCUT2D eigenvalue weighted by molar-refractivity contribution is 4.88. The predicted octanol–water partition coefficient (Wildman–Crippen LogP) is 1.77. The Hall–Kier alpha value is -0.290. The monoisotopic (exact) mass is 222 g/mol. The van der Waals surface area contributed by atoms with E-state index >= 15 is 0 Å². The number of hydrogen-bond donors (Lipinski definition) is 1. The van der Waals surface area contributed by atoms with E-state index in [9.17, 15) is 13.2 Å². The molecule has 0 aromatic rings.